The molecule has 6 nitrogen and oxygen atoms in total. The highest BCUT2D eigenvalue weighted by Gasteiger charge is 2.19. The first-order valence-corrected chi connectivity index (χ1v) is 10.9. The van der Waals surface area contributed by atoms with Crippen molar-refractivity contribution in [3.05, 3.63) is 77.4 Å². The zero-order valence-electron chi connectivity index (χ0n) is 18.5. The van der Waals surface area contributed by atoms with Crippen LogP contribution in [0.4, 0.5) is 0 Å². The molecule has 3 aromatic rings. The number of carbonyl (C=O) groups is 2. The minimum absolute atomic E-state index is 0.0198. The van der Waals surface area contributed by atoms with Crippen LogP contribution in [-0.4, -0.2) is 50.1 Å². The van der Waals surface area contributed by atoms with Crippen LogP contribution in [0.1, 0.15) is 34.3 Å². The highest BCUT2D eigenvalue weighted by molar-refractivity contribution is 5.94. The summed E-state index contributed by atoms with van der Waals surface area (Å²) < 4.78 is 10.6. The number of fused-ring (bicyclic) bond motifs is 1. The molecule has 1 aliphatic rings. The van der Waals surface area contributed by atoms with Crippen LogP contribution in [0, 0.1) is 0 Å². The lowest BCUT2D eigenvalue weighted by Crippen LogP contribution is -2.40. The third-order valence-corrected chi connectivity index (χ3v) is 5.93. The summed E-state index contributed by atoms with van der Waals surface area (Å²) in [6.07, 6.45) is 0. The fourth-order valence-corrected chi connectivity index (χ4v) is 3.85. The van der Waals surface area contributed by atoms with Crippen LogP contribution in [0.2, 0.25) is 0 Å². The van der Waals surface area contributed by atoms with Crippen molar-refractivity contribution in [2.75, 3.05) is 33.4 Å². The summed E-state index contributed by atoms with van der Waals surface area (Å²) in [6.45, 7) is 4.73. The van der Waals surface area contributed by atoms with E-state index in [1.165, 1.54) is 0 Å². The minimum atomic E-state index is -0.274. The Bertz CT molecular complexity index is 1100. The second-order valence-electron chi connectivity index (χ2n) is 8.01. The Labute approximate surface area is 188 Å². The molecule has 0 aliphatic carbocycles. The molecule has 166 valence electrons. The van der Waals surface area contributed by atoms with Gasteiger partial charge in [0.25, 0.3) is 5.91 Å². The third-order valence-electron chi connectivity index (χ3n) is 5.93. The number of hydrogen-bond acceptors (Lipinski definition) is 4. The predicted molar refractivity (Wildman–Crippen MR) is 124 cm³/mol. The molecule has 0 spiro atoms. The quantitative estimate of drug-likeness (QED) is 0.644. The topological polar surface area (TPSA) is 67.9 Å². The van der Waals surface area contributed by atoms with Gasteiger partial charge < -0.3 is 19.7 Å². The highest BCUT2D eigenvalue weighted by Crippen LogP contribution is 2.25. The average Bonchev–Trinajstić information content (AvgIpc) is 2.86. The van der Waals surface area contributed by atoms with Crippen molar-refractivity contribution in [3.63, 3.8) is 0 Å². The van der Waals surface area contributed by atoms with Crippen LogP contribution in [0.25, 0.3) is 10.8 Å². The van der Waals surface area contributed by atoms with E-state index in [1.807, 2.05) is 72.5 Å². The molecular formula is C26H28N2O4. The van der Waals surface area contributed by atoms with Crippen molar-refractivity contribution >= 4 is 22.6 Å². The Morgan fingerprint density at radius 3 is 2.41 bits per heavy atom. The van der Waals surface area contributed by atoms with E-state index in [0.29, 0.717) is 38.4 Å². The van der Waals surface area contributed by atoms with Crippen LogP contribution < -0.4 is 10.1 Å². The van der Waals surface area contributed by atoms with Crippen LogP contribution in [-0.2, 0) is 16.1 Å². The standard InChI is InChI=1S/C26H28N2O4/c1-18(21-7-8-23-16-24(31-2)10-9-22(23)15-21)25(29)27-17-19-3-5-20(6-4-19)26(30)28-11-13-32-14-12-28/h3-10,15-16,18H,11-14,17H2,1-2H3,(H,27,29)/t18-/m0/s1. The Hall–Kier alpha value is -3.38. The molecule has 0 bridgehead atoms. The molecule has 1 fully saturated rings. The fraction of sp³-hybridized carbons (Fsp3) is 0.308. The van der Waals surface area contributed by atoms with Gasteiger partial charge in [-0.2, -0.15) is 0 Å². The van der Waals surface area contributed by atoms with Crippen LogP contribution in [0.15, 0.2) is 60.7 Å². The summed E-state index contributed by atoms with van der Waals surface area (Å²) in [5.41, 5.74) is 2.57. The summed E-state index contributed by atoms with van der Waals surface area (Å²) in [4.78, 5) is 27.1. The number of nitrogens with one attached hydrogen (secondary N) is 1. The van der Waals surface area contributed by atoms with Gasteiger partial charge >= 0.3 is 0 Å². The first kappa shape index (κ1) is 21.8. The summed E-state index contributed by atoms with van der Waals surface area (Å²) in [5.74, 6) is 0.523. The van der Waals surface area contributed by atoms with Crippen LogP contribution >= 0.6 is 0 Å². The number of methoxy groups -OCH3 is 1. The van der Waals surface area contributed by atoms with Gasteiger partial charge in [0.05, 0.1) is 26.2 Å². The molecule has 0 radical (unpaired) electrons. The molecule has 0 saturated carbocycles. The Balaban J connectivity index is 1.35. The maximum absolute atomic E-state index is 12.7. The van der Waals surface area contributed by atoms with Gasteiger partial charge in [0.1, 0.15) is 5.75 Å². The van der Waals surface area contributed by atoms with Gasteiger partial charge in [-0.1, -0.05) is 36.4 Å². The van der Waals surface area contributed by atoms with Crippen LogP contribution in [0.3, 0.4) is 0 Å². The van der Waals surface area contributed by atoms with Gasteiger partial charge in [-0.15, -0.1) is 0 Å². The van der Waals surface area contributed by atoms with E-state index < -0.39 is 0 Å². The summed E-state index contributed by atoms with van der Waals surface area (Å²) in [6, 6.07) is 19.4. The lowest BCUT2D eigenvalue weighted by atomic mass is 9.97. The van der Waals surface area contributed by atoms with E-state index in [4.69, 9.17) is 9.47 Å². The van der Waals surface area contributed by atoms with Gasteiger partial charge in [0.15, 0.2) is 0 Å². The lowest BCUT2D eigenvalue weighted by Gasteiger charge is -2.26. The smallest absolute Gasteiger partial charge is 0.254 e. The van der Waals surface area contributed by atoms with E-state index in [1.54, 1.807) is 7.11 Å². The SMILES string of the molecule is COc1ccc2cc([C@H](C)C(=O)NCc3ccc(C(=O)N4CCOCC4)cc3)ccc2c1. The maximum Gasteiger partial charge on any atom is 0.254 e. The van der Waals surface area contributed by atoms with Crippen molar-refractivity contribution in [1.29, 1.82) is 0 Å². The lowest BCUT2D eigenvalue weighted by molar-refractivity contribution is -0.122. The summed E-state index contributed by atoms with van der Waals surface area (Å²) >= 11 is 0. The number of amides is 2. The van der Waals surface area contributed by atoms with E-state index in [9.17, 15) is 9.59 Å². The Kier molecular flexibility index (Phi) is 6.71. The second kappa shape index (κ2) is 9.83. The Morgan fingerprint density at radius 1 is 1.00 bits per heavy atom. The van der Waals surface area contributed by atoms with E-state index >= 15 is 0 Å². The molecule has 2 amide bonds. The monoisotopic (exact) mass is 432 g/mol. The van der Waals surface area contributed by atoms with Gasteiger partial charge in [0, 0.05) is 25.2 Å². The number of carbonyl (C=O) groups excluding carboxylic acids is 2. The third kappa shape index (κ3) is 4.92. The van der Waals surface area contributed by atoms with Gasteiger partial charge in [-0.25, -0.2) is 0 Å². The van der Waals surface area contributed by atoms with Gasteiger partial charge in [-0.3, -0.25) is 9.59 Å². The largest absolute Gasteiger partial charge is 0.497 e. The van der Waals surface area contributed by atoms with Crippen molar-refractivity contribution in [2.24, 2.45) is 0 Å². The number of morpholine rings is 1. The number of benzene rings is 3. The normalized spacial score (nSPS) is 14.8. The van der Waals surface area contributed by atoms with E-state index in [-0.39, 0.29) is 17.7 Å². The fourth-order valence-electron chi connectivity index (χ4n) is 3.85. The first-order chi connectivity index (χ1) is 15.5. The Morgan fingerprint density at radius 2 is 1.69 bits per heavy atom. The highest BCUT2D eigenvalue weighted by atomic mass is 16.5. The molecule has 0 aromatic heterocycles. The molecule has 1 aliphatic heterocycles. The second-order valence-corrected chi connectivity index (χ2v) is 8.01. The summed E-state index contributed by atoms with van der Waals surface area (Å²) in [5, 5.41) is 5.15. The summed E-state index contributed by atoms with van der Waals surface area (Å²) in [7, 11) is 1.65. The molecule has 1 N–H and O–H groups in total. The molecule has 0 unspecified atom stereocenters. The molecular weight excluding hydrogens is 404 g/mol. The first-order valence-electron chi connectivity index (χ1n) is 10.9. The minimum Gasteiger partial charge on any atom is -0.497 e. The molecule has 1 atom stereocenters. The zero-order valence-corrected chi connectivity index (χ0v) is 18.5. The van der Waals surface area contributed by atoms with Crippen molar-refractivity contribution < 1.29 is 19.1 Å². The molecule has 32 heavy (non-hydrogen) atoms. The predicted octanol–water partition coefficient (Wildman–Crippen LogP) is 3.74. The van der Waals surface area contributed by atoms with Crippen molar-refractivity contribution in [1.82, 2.24) is 10.2 Å². The van der Waals surface area contributed by atoms with Crippen LogP contribution in [0.5, 0.6) is 5.75 Å². The number of rotatable bonds is 6. The maximum atomic E-state index is 12.7. The average molecular weight is 433 g/mol. The van der Waals surface area contributed by atoms with E-state index in [0.717, 1.165) is 27.6 Å². The molecule has 1 saturated heterocycles. The van der Waals surface area contributed by atoms with Gasteiger partial charge in [-0.05, 0) is 53.1 Å². The van der Waals surface area contributed by atoms with Gasteiger partial charge in [0.2, 0.25) is 5.91 Å². The number of ether oxygens (including phenoxy) is 2. The molecule has 1 heterocycles. The van der Waals surface area contributed by atoms with E-state index in [2.05, 4.69) is 5.32 Å². The molecule has 3 aromatic carbocycles. The number of hydrogen-bond donors (Lipinski definition) is 1. The van der Waals surface area contributed by atoms with Crippen molar-refractivity contribution in [3.8, 4) is 5.75 Å². The molecule has 6 heteroatoms. The zero-order chi connectivity index (χ0) is 22.5. The number of nitrogens with zero attached hydrogens (tertiary/aromatic N) is 1. The molecule has 4 rings (SSSR count). The van der Waals surface area contributed by atoms with Crippen molar-refractivity contribution in [2.45, 2.75) is 19.4 Å².